The number of fused-ring (bicyclic) bond motifs is 2. The molecule has 0 saturated heterocycles. The number of carbonyl (C=O) groups is 1. The minimum Gasteiger partial charge on any atom is -0.479 e. The van der Waals surface area contributed by atoms with Gasteiger partial charge in [0.15, 0.2) is 5.54 Å². The summed E-state index contributed by atoms with van der Waals surface area (Å²) < 4.78 is 17.4. The van der Waals surface area contributed by atoms with E-state index in [4.69, 9.17) is 0 Å². The van der Waals surface area contributed by atoms with Gasteiger partial charge in [-0.15, -0.1) is 0 Å². The second-order valence-electron chi connectivity index (χ2n) is 10.3. The highest BCUT2D eigenvalue weighted by Crippen LogP contribution is 2.45. The minimum atomic E-state index is -1.25. The van der Waals surface area contributed by atoms with Crippen LogP contribution in [0.3, 0.4) is 0 Å². The van der Waals surface area contributed by atoms with Crippen LogP contribution in [-0.4, -0.2) is 31.6 Å². The van der Waals surface area contributed by atoms with Crippen LogP contribution in [0.25, 0.3) is 27.7 Å². The molecule has 7 nitrogen and oxygen atoms in total. The van der Waals surface area contributed by atoms with Crippen molar-refractivity contribution in [2.45, 2.75) is 51.6 Å². The van der Waals surface area contributed by atoms with E-state index in [9.17, 15) is 19.6 Å². The molecule has 1 aliphatic heterocycles. The van der Waals surface area contributed by atoms with Crippen LogP contribution in [0.2, 0.25) is 0 Å². The van der Waals surface area contributed by atoms with Crippen molar-refractivity contribution < 1.29 is 14.3 Å². The SMILES string of the molecule is CC(C)(CC#N)c1c(-c2cnn(C(C)(C)C(=O)O)c2)c2cc3c(cc2n1-c1ccc(F)cc1)C=NC3. The molecule has 4 aromatic rings. The summed E-state index contributed by atoms with van der Waals surface area (Å²) in [5.41, 5.74) is 4.42. The van der Waals surface area contributed by atoms with Crippen molar-refractivity contribution in [3.63, 3.8) is 0 Å². The Morgan fingerprint density at radius 1 is 1.19 bits per heavy atom. The number of rotatable bonds is 6. The number of halogens is 1. The van der Waals surface area contributed by atoms with Gasteiger partial charge < -0.3 is 9.67 Å². The monoisotopic (exact) mass is 483 g/mol. The molecule has 0 aliphatic carbocycles. The second-order valence-corrected chi connectivity index (χ2v) is 10.3. The largest absolute Gasteiger partial charge is 0.479 e. The lowest BCUT2D eigenvalue weighted by atomic mass is 9.82. The van der Waals surface area contributed by atoms with Gasteiger partial charge >= 0.3 is 5.97 Å². The van der Waals surface area contributed by atoms with E-state index in [1.807, 2.05) is 20.1 Å². The van der Waals surface area contributed by atoms with E-state index >= 15 is 0 Å². The zero-order valence-electron chi connectivity index (χ0n) is 20.6. The Labute approximate surface area is 208 Å². The van der Waals surface area contributed by atoms with Crippen molar-refractivity contribution in [1.29, 1.82) is 5.26 Å². The van der Waals surface area contributed by atoms with Crippen LogP contribution >= 0.6 is 0 Å². The van der Waals surface area contributed by atoms with E-state index in [0.29, 0.717) is 6.54 Å². The third kappa shape index (κ3) is 3.59. The Morgan fingerprint density at radius 2 is 1.92 bits per heavy atom. The lowest BCUT2D eigenvalue weighted by molar-refractivity contribution is -0.146. The van der Waals surface area contributed by atoms with E-state index in [1.54, 1.807) is 38.4 Å². The van der Waals surface area contributed by atoms with Gasteiger partial charge in [0.25, 0.3) is 0 Å². The smallest absolute Gasteiger partial charge is 0.331 e. The van der Waals surface area contributed by atoms with Crippen molar-refractivity contribution in [3.05, 3.63) is 71.4 Å². The van der Waals surface area contributed by atoms with Gasteiger partial charge in [-0.3, -0.25) is 9.67 Å². The number of aliphatic imine (C=N–C) groups is 1. The molecule has 1 N–H and O–H groups in total. The summed E-state index contributed by atoms with van der Waals surface area (Å²) in [6, 6.07) is 12.8. The Hall–Kier alpha value is -4.25. The molecule has 0 bridgehead atoms. The van der Waals surface area contributed by atoms with Crippen LogP contribution in [0.1, 0.15) is 50.9 Å². The first-order valence-electron chi connectivity index (χ1n) is 11.7. The number of aromatic nitrogens is 3. The topological polar surface area (TPSA) is 96.2 Å². The Balaban J connectivity index is 1.90. The summed E-state index contributed by atoms with van der Waals surface area (Å²) in [4.78, 5) is 16.3. The molecule has 36 heavy (non-hydrogen) atoms. The van der Waals surface area contributed by atoms with Gasteiger partial charge in [0.1, 0.15) is 5.82 Å². The van der Waals surface area contributed by atoms with E-state index in [-0.39, 0.29) is 12.2 Å². The van der Waals surface area contributed by atoms with E-state index in [0.717, 1.165) is 44.5 Å². The highest BCUT2D eigenvalue weighted by molar-refractivity contribution is 6.03. The summed E-state index contributed by atoms with van der Waals surface area (Å²) >= 11 is 0. The van der Waals surface area contributed by atoms with Gasteiger partial charge in [-0.05, 0) is 61.4 Å². The van der Waals surface area contributed by atoms with E-state index in [1.165, 1.54) is 16.8 Å². The molecule has 3 heterocycles. The highest BCUT2D eigenvalue weighted by atomic mass is 19.1. The average molecular weight is 484 g/mol. The number of aliphatic carboxylic acids is 1. The molecule has 8 heteroatoms. The van der Waals surface area contributed by atoms with Crippen LogP contribution in [0.5, 0.6) is 0 Å². The molecular weight excluding hydrogens is 457 g/mol. The number of hydrogen-bond acceptors (Lipinski definition) is 4. The van der Waals surface area contributed by atoms with Gasteiger partial charge in [-0.2, -0.15) is 10.4 Å². The standard InChI is InChI=1S/C28H26FN5O2/c1-27(2,9-10-30)25-24(19-15-32-33(16-19)28(3,4)26(35)36)22-11-17-13-31-14-18(17)12-23(22)34(25)21-7-5-20(29)6-8-21/h5-8,11-12,14-16H,9,13H2,1-4H3,(H,35,36). The molecule has 2 aromatic heterocycles. The maximum atomic E-state index is 13.9. The predicted molar refractivity (Wildman–Crippen MR) is 136 cm³/mol. The van der Waals surface area contributed by atoms with Gasteiger partial charge in [-0.1, -0.05) is 13.8 Å². The van der Waals surface area contributed by atoms with Gasteiger partial charge in [0, 0.05) is 52.1 Å². The van der Waals surface area contributed by atoms with Gasteiger partial charge in [0.05, 0.1) is 24.3 Å². The lowest BCUT2D eigenvalue weighted by Gasteiger charge is -2.26. The first-order chi connectivity index (χ1) is 17.0. The third-order valence-electron chi connectivity index (χ3n) is 6.93. The van der Waals surface area contributed by atoms with Crippen LogP contribution in [0.15, 0.2) is 53.8 Å². The number of carboxylic acids is 1. The first-order valence-corrected chi connectivity index (χ1v) is 11.7. The number of carboxylic acid groups (broad SMARTS) is 1. The fourth-order valence-electron chi connectivity index (χ4n) is 4.82. The van der Waals surface area contributed by atoms with Crippen LogP contribution < -0.4 is 0 Å². The predicted octanol–water partition coefficient (Wildman–Crippen LogP) is 5.58. The Bertz CT molecular complexity index is 1580. The number of nitrogens with zero attached hydrogens (tertiary/aromatic N) is 5. The fourth-order valence-corrected chi connectivity index (χ4v) is 4.82. The molecule has 0 amide bonds. The van der Waals surface area contributed by atoms with Gasteiger partial charge in [0.2, 0.25) is 0 Å². The lowest BCUT2D eigenvalue weighted by Crippen LogP contribution is -2.35. The second kappa shape index (κ2) is 8.16. The minimum absolute atomic E-state index is 0.243. The molecule has 0 spiro atoms. The maximum Gasteiger partial charge on any atom is 0.331 e. The molecule has 0 saturated carbocycles. The molecule has 0 atom stereocenters. The van der Waals surface area contributed by atoms with E-state index in [2.05, 4.69) is 32.9 Å². The van der Waals surface area contributed by atoms with Crippen molar-refractivity contribution in [2.24, 2.45) is 4.99 Å². The third-order valence-corrected chi connectivity index (χ3v) is 6.93. The first kappa shape index (κ1) is 23.5. The Morgan fingerprint density at radius 3 is 2.58 bits per heavy atom. The zero-order valence-corrected chi connectivity index (χ0v) is 20.6. The normalized spacial score (nSPS) is 13.2. The molecule has 1 aliphatic rings. The fraction of sp³-hybridized carbons (Fsp3) is 0.286. The summed E-state index contributed by atoms with van der Waals surface area (Å²) in [5.74, 6) is -1.33. The molecule has 0 radical (unpaired) electrons. The average Bonchev–Trinajstić information content (AvgIpc) is 3.55. The molecule has 0 unspecified atom stereocenters. The maximum absolute atomic E-state index is 13.9. The highest BCUT2D eigenvalue weighted by Gasteiger charge is 2.35. The Kier molecular flexibility index (Phi) is 5.32. The van der Waals surface area contributed by atoms with E-state index < -0.39 is 16.9 Å². The van der Waals surface area contributed by atoms with Crippen molar-refractivity contribution >= 4 is 23.1 Å². The summed E-state index contributed by atoms with van der Waals surface area (Å²) in [7, 11) is 0. The van der Waals surface area contributed by atoms with Gasteiger partial charge in [-0.25, -0.2) is 9.18 Å². The number of benzene rings is 2. The summed E-state index contributed by atoms with van der Waals surface area (Å²) in [6.45, 7) is 7.79. The summed E-state index contributed by atoms with van der Waals surface area (Å²) in [5, 5.41) is 24.8. The molecule has 182 valence electrons. The molecule has 5 rings (SSSR count). The number of hydrogen-bond donors (Lipinski definition) is 1. The van der Waals surface area contributed by atoms with Crippen LogP contribution in [0.4, 0.5) is 4.39 Å². The molecule has 2 aromatic carbocycles. The van der Waals surface area contributed by atoms with Crippen molar-refractivity contribution in [3.8, 4) is 22.9 Å². The summed E-state index contributed by atoms with van der Waals surface area (Å²) in [6.07, 6.45) is 5.51. The number of nitriles is 1. The molecule has 0 fully saturated rings. The zero-order chi connectivity index (χ0) is 25.8. The molecular formula is C28H26FN5O2. The van der Waals surface area contributed by atoms with Crippen LogP contribution in [0, 0.1) is 17.1 Å². The van der Waals surface area contributed by atoms with Crippen molar-refractivity contribution in [1.82, 2.24) is 14.3 Å². The quantitative estimate of drug-likeness (QED) is 0.387. The van der Waals surface area contributed by atoms with Crippen molar-refractivity contribution in [2.75, 3.05) is 0 Å². The van der Waals surface area contributed by atoms with Crippen LogP contribution in [-0.2, 0) is 22.3 Å².